The Morgan fingerprint density at radius 3 is 2.32 bits per heavy atom. The van der Waals surface area contributed by atoms with Crippen molar-refractivity contribution in [3.05, 3.63) is 63.2 Å². The number of halogens is 1. The Bertz CT molecular complexity index is 542. The van der Waals surface area contributed by atoms with Crippen LogP contribution in [-0.4, -0.2) is 13.7 Å². The van der Waals surface area contributed by atoms with Crippen LogP contribution in [0, 0.1) is 3.57 Å². The molecule has 1 atom stereocenters. The zero-order valence-electron chi connectivity index (χ0n) is 11.2. The minimum Gasteiger partial charge on any atom is -0.496 e. The molecule has 19 heavy (non-hydrogen) atoms. The van der Waals surface area contributed by atoms with Crippen LogP contribution in [0.2, 0.25) is 0 Å². The summed E-state index contributed by atoms with van der Waals surface area (Å²) >= 11 is 2.39. The first-order valence-corrected chi connectivity index (χ1v) is 7.46. The first-order chi connectivity index (χ1) is 9.27. The maximum absolute atomic E-state index is 5.49. The number of rotatable bonds is 5. The van der Waals surface area contributed by atoms with Gasteiger partial charge in [-0.2, -0.15) is 0 Å². The van der Waals surface area contributed by atoms with Gasteiger partial charge in [-0.15, -0.1) is 0 Å². The van der Waals surface area contributed by atoms with Crippen LogP contribution in [0.3, 0.4) is 0 Å². The SMILES string of the molecule is CCNC(c1ccccc1I)c1ccccc1OC. The van der Waals surface area contributed by atoms with Crippen molar-refractivity contribution >= 4 is 22.6 Å². The fourth-order valence-electron chi connectivity index (χ4n) is 2.21. The van der Waals surface area contributed by atoms with E-state index >= 15 is 0 Å². The van der Waals surface area contributed by atoms with Crippen molar-refractivity contribution in [3.8, 4) is 5.75 Å². The highest BCUT2D eigenvalue weighted by Gasteiger charge is 2.18. The third-order valence-electron chi connectivity index (χ3n) is 3.07. The highest BCUT2D eigenvalue weighted by atomic mass is 127. The number of nitrogens with one attached hydrogen (secondary N) is 1. The molecule has 0 saturated heterocycles. The second kappa shape index (κ2) is 6.91. The summed E-state index contributed by atoms with van der Waals surface area (Å²) in [5.41, 5.74) is 2.46. The van der Waals surface area contributed by atoms with Crippen LogP contribution in [0.15, 0.2) is 48.5 Å². The number of para-hydroxylation sites is 1. The van der Waals surface area contributed by atoms with Gasteiger partial charge in [-0.25, -0.2) is 0 Å². The Kier molecular flexibility index (Phi) is 5.22. The van der Waals surface area contributed by atoms with E-state index in [1.54, 1.807) is 7.11 Å². The van der Waals surface area contributed by atoms with Crippen molar-refractivity contribution in [1.29, 1.82) is 0 Å². The maximum atomic E-state index is 5.49. The quantitative estimate of drug-likeness (QED) is 0.807. The number of benzene rings is 2. The largest absolute Gasteiger partial charge is 0.496 e. The molecule has 2 rings (SSSR count). The van der Waals surface area contributed by atoms with Gasteiger partial charge < -0.3 is 10.1 Å². The summed E-state index contributed by atoms with van der Waals surface area (Å²) < 4.78 is 6.75. The lowest BCUT2D eigenvalue weighted by Gasteiger charge is -2.22. The average Bonchev–Trinajstić information content (AvgIpc) is 2.46. The van der Waals surface area contributed by atoms with E-state index in [4.69, 9.17) is 4.74 Å². The van der Waals surface area contributed by atoms with Crippen LogP contribution >= 0.6 is 22.6 Å². The Balaban J connectivity index is 2.49. The van der Waals surface area contributed by atoms with Crippen molar-refractivity contribution in [2.24, 2.45) is 0 Å². The van der Waals surface area contributed by atoms with Crippen molar-refractivity contribution in [2.75, 3.05) is 13.7 Å². The van der Waals surface area contributed by atoms with E-state index in [1.165, 1.54) is 14.7 Å². The van der Waals surface area contributed by atoms with Gasteiger partial charge in [-0.3, -0.25) is 0 Å². The van der Waals surface area contributed by atoms with Crippen LogP contribution < -0.4 is 10.1 Å². The molecule has 2 aromatic rings. The standard InChI is InChI=1S/C16H18INO/c1-3-18-16(12-8-4-6-10-14(12)17)13-9-5-7-11-15(13)19-2/h4-11,16,18H,3H2,1-2H3. The molecule has 0 bridgehead atoms. The molecule has 0 radical (unpaired) electrons. The summed E-state index contributed by atoms with van der Waals surface area (Å²) in [5, 5.41) is 3.55. The van der Waals surface area contributed by atoms with Crippen molar-refractivity contribution in [2.45, 2.75) is 13.0 Å². The minimum absolute atomic E-state index is 0.161. The van der Waals surface area contributed by atoms with Gasteiger partial charge >= 0.3 is 0 Å². The molecular weight excluding hydrogens is 349 g/mol. The van der Waals surface area contributed by atoms with Gasteiger partial charge in [0.15, 0.2) is 0 Å². The predicted molar refractivity (Wildman–Crippen MR) is 87.7 cm³/mol. The molecule has 3 heteroatoms. The number of hydrogen-bond donors (Lipinski definition) is 1. The predicted octanol–water partition coefficient (Wildman–Crippen LogP) is 4.00. The van der Waals surface area contributed by atoms with Crippen molar-refractivity contribution in [3.63, 3.8) is 0 Å². The lowest BCUT2D eigenvalue weighted by atomic mass is 9.98. The molecular formula is C16H18INO. The fourth-order valence-corrected chi connectivity index (χ4v) is 2.90. The third kappa shape index (κ3) is 3.28. The summed E-state index contributed by atoms with van der Waals surface area (Å²) in [5.74, 6) is 0.924. The summed E-state index contributed by atoms with van der Waals surface area (Å²) in [6, 6.07) is 16.8. The van der Waals surface area contributed by atoms with E-state index < -0.39 is 0 Å². The molecule has 0 heterocycles. The van der Waals surface area contributed by atoms with Crippen molar-refractivity contribution < 1.29 is 4.74 Å². The summed E-state index contributed by atoms with van der Waals surface area (Å²) in [6.07, 6.45) is 0. The van der Waals surface area contributed by atoms with Crippen LogP contribution in [-0.2, 0) is 0 Å². The van der Waals surface area contributed by atoms with E-state index in [2.05, 4.69) is 71.2 Å². The number of hydrogen-bond acceptors (Lipinski definition) is 2. The average molecular weight is 367 g/mol. The smallest absolute Gasteiger partial charge is 0.123 e. The molecule has 0 aliphatic carbocycles. The minimum atomic E-state index is 0.161. The molecule has 2 aromatic carbocycles. The van der Waals surface area contributed by atoms with Crippen LogP contribution in [0.25, 0.3) is 0 Å². The maximum Gasteiger partial charge on any atom is 0.123 e. The Labute approximate surface area is 128 Å². The van der Waals surface area contributed by atoms with Gasteiger partial charge in [0.2, 0.25) is 0 Å². The molecule has 1 N–H and O–H groups in total. The van der Waals surface area contributed by atoms with Gasteiger partial charge in [-0.05, 0) is 46.8 Å². The Morgan fingerprint density at radius 1 is 1.05 bits per heavy atom. The first-order valence-electron chi connectivity index (χ1n) is 6.38. The van der Waals surface area contributed by atoms with Crippen LogP contribution in [0.4, 0.5) is 0 Å². The van der Waals surface area contributed by atoms with E-state index in [1.807, 2.05) is 12.1 Å². The Hall–Kier alpha value is -1.07. The molecule has 0 aliphatic heterocycles. The molecule has 2 nitrogen and oxygen atoms in total. The fraction of sp³-hybridized carbons (Fsp3) is 0.250. The molecule has 0 fully saturated rings. The monoisotopic (exact) mass is 367 g/mol. The van der Waals surface area contributed by atoms with Gasteiger partial charge in [-0.1, -0.05) is 43.3 Å². The second-order valence-corrected chi connectivity index (χ2v) is 5.42. The molecule has 0 amide bonds. The van der Waals surface area contributed by atoms with E-state index in [-0.39, 0.29) is 6.04 Å². The third-order valence-corrected chi connectivity index (χ3v) is 4.06. The topological polar surface area (TPSA) is 21.3 Å². The molecule has 100 valence electrons. The van der Waals surface area contributed by atoms with Gasteiger partial charge in [0, 0.05) is 9.13 Å². The summed E-state index contributed by atoms with van der Waals surface area (Å²) in [6.45, 7) is 3.03. The molecule has 0 aromatic heterocycles. The highest BCUT2D eigenvalue weighted by molar-refractivity contribution is 14.1. The Morgan fingerprint density at radius 2 is 1.68 bits per heavy atom. The zero-order chi connectivity index (χ0) is 13.7. The molecule has 0 saturated carbocycles. The van der Waals surface area contributed by atoms with E-state index in [9.17, 15) is 0 Å². The molecule has 1 unspecified atom stereocenters. The van der Waals surface area contributed by atoms with Gasteiger partial charge in [0.05, 0.1) is 13.2 Å². The second-order valence-electron chi connectivity index (χ2n) is 4.25. The van der Waals surface area contributed by atoms with Crippen LogP contribution in [0.1, 0.15) is 24.1 Å². The zero-order valence-corrected chi connectivity index (χ0v) is 13.3. The molecule has 0 spiro atoms. The van der Waals surface area contributed by atoms with Crippen molar-refractivity contribution in [1.82, 2.24) is 5.32 Å². The van der Waals surface area contributed by atoms with E-state index in [0.717, 1.165) is 12.3 Å². The van der Waals surface area contributed by atoms with Gasteiger partial charge in [0.1, 0.15) is 5.75 Å². The normalized spacial score (nSPS) is 12.2. The van der Waals surface area contributed by atoms with Crippen LogP contribution in [0.5, 0.6) is 5.75 Å². The molecule has 0 aliphatic rings. The summed E-state index contributed by atoms with van der Waals surface area (Å²) in [7, 11) is 1.72. The number of methoxy groups -OCH3 is 1. The van der Waals surface area contributed by atoms with Gasteiger partial charge in [0.25, 0.3) is 0 Å². The van der Waals surface area contributed by atoms with E-state index in [0.29, 0.717) is 0 Å². The lowest BCUT2D eigenvalue weighted by Crippen LogP contribution is -2.23. The highest BCUT2D eigenvalue weighted by Crippen LogP contribution is 2.31. The summed E-state index contributed by atoms with van der Waals surface area (Å²) in [4.78, 5) is 0. The lowest BCUT2D eigenvalue weighted by molar-refractivity contribution is 0.404. The first kappa shape index (κ1) is 14.3. The number of ether oxygens (including phenoxy) is 1.